The minimum atomic E-state index is -0.886. The van der Waals surface area contributed by atoms with Crippen LogP contribution in [0.1, 0.15) is 111 Å². The van der Waals surface area contributed by atoms with Crippen LogP contribution in [-0.2, 0) is 35.1 Å². The first-order valence-corrected chi connectivity index (χ1v) is 20.5. The summed E-state index contributed by atoms with van der Waals surface area (Å²) in [5, 5.41) is 20.3. The maximum absolute atomic E-state index is 13.9. The van der Waals surface area contributed by atoms with E-state index in [4.69, 9.17) is 9.47 Å². The molecule has 3 fully saturated rings. The van der Waals surface area contributed by atoms with Gasteiger partial charge in [-0.05, 0) is 99.7 Å². The average molecular weight is 765 g/mol. The van der Waals surface area contributed by atoms with E-state index in [-0.39, 0.29) is 52.8 Å². The summed E-state index contributed by atoms with van der Waals surface area (Å²) < 4.78 is 11.5. The van der Waals surface area contributed by atoms with Crippen LogP contribution in [0.5, 0.6) is 5.75 Å². The van der Waals surface area contributed by atoms with E-state index in [1.807, 2.05) is 58.0 Å². The van der Waals surface area contributed by atoms with Gasteiger partial charge in [0.1, 0.15) is 23.9 Å². The Morgan fingerprint density at radius 2 is 1.58 bits per heavy atom. The van der Waals surface area contributed by atoms with Crippen molar-refractivity contribution in [2.24, 2.45) is 29.1 Å². The molecule has 4 amide bonds. The highest BCUT2D eigenvalue weighted by Gasteiger charge is 2.42. The molecular weight excluding hydrogens is 700 g/mol. The number of allylic oxidation sites excluding steroid dienone is 1. The van der Waals surface area contributed by atoms with Crippen molar-refractivity contribution in [3.8, 4) is 5.75 Å². The molecular formula is C43H64N4O8. The maximum Gasteiger partial charge on any atom is 0.329 e. The van der Waals surface area contributed by atoms with Crippen LogP contribution in [0, 0.1) is 29.1 Å². The highest BCUT2D eigenvalue weighted by Crippen LogP contribution is 2.34. The number of hydrogen-bond acceptors (Lipinski definition) is 8. The van der Waals surface area contributed by atoms with Crippen LogP contribution in [-0.4, -0.2) is 90.1 Å². The predicted molar refractivity (Wildman–Crippen MR) is 209 cm³/mol. The lowest BCUT2D eigenvalue weighted by Gasteiger charge is -2.36. The Labute approximate surface area is 326 Å². The maximum atomic E-state index is 13.9. The molecule has 2 saturated heterocycles. The van der Waals surface area contributed by atoms with Crippen molar-refractivity contribution in [3.63, 3.8) is 0 Å². The first-order valence-electron chi connectivity index (χ1n) is 20.5. The van der Waals surface area contributed by atoms with Crippen LogP contribution in [0.25, 0.3) is 0 Å². The van der Waals surface area contributed by atoms with Crippen molar-refractivity contribution in [2.75, 3.05) is 20.2 Å². The summed E-state index contributed by atoms with van der Waals surface area (Å²) in [5.74, 6) is -1.65. The Hall–Kier alpha value is -3.93. The number of carbonyl (C=O) groups is 5. The molecule has 304 valence electrons. The monoisotopic (exact) mass is 764 g/mol. The van der Waals surface area contributed by atoms with Crippen molar-refractivity contribution in [1.29, 1.82) is 0 Å². The van der Waals surface area contributed by atoms with E-state index in [0.29, 0.717) is 89.5 Å². The molecule has 0 spiro atoms. The van der Waals surface area contributed by atoms with E-state index in [2.05, 4.69) is 16.0 Å². The molecule has 0 radical (unpaired) electrons. The topological polar surface area (TPSA) is 163 Å². The van der Waals surface area contributed by atoms with E-state index in [1.165, 1.54) is 0 Å². The fraction of sp³-hybridized carbons (Fsp3) is 0.698. The number of fused-ring (bicyclic) bond motifs is 2. The van der Waals surface area contributed by atoms with Gasteiger partial charge >= 0.3 is 5.97 Å². The summed E-state index contributed by atoms with van der Waals surface area (Å²) in [5.41, 5.74) is 1.53. The first-order chi connectivity index (χ1) is 26.1. The zero-order valence-corrected chi connectivity index (χ0v) is 33.7. The zero-order chi connectivity index (χ0) is 39.9. The smallest absolute Gasteiger partial charge is 0.329 e. The summed E-state index contributed by atoms with van der Waals surface area (Å²) >= 11 is 0. The predicted octanol–water partition coefficient (Wildman–Crippen LogP) is 4.62. The molecule has 55 heavy (non-hydrogen) atoms. The lowest BCUT2D eigenvalue weighted by Crippen LogP contribution is -2.53. The molecule has 0 aromatic heterocycles. The number of aliphatic hydroxyl groups excluding tert-OH is 1. The number of ether oxygens (including phenoxy) is 2. The summed E-state index contributed by atoms with van der Waals surface area (Å²) in [7, 11) is 1.60. The molecule has 1 aromatic carbocycles. The van der Waals surface area contributed by atoms with Crippen molar-refractivity contribution in [2.45, 2.75) is 142 Å². The molecule has 4 bridgehead atoms. The third-order valence-corrected chi connectivity index (χ3v) is 12.3. The number of nitrogens with zero attached hydrogens (tertiary/aromatic N) is 1. The van der Waals surface area contributed by atoms with Gasteiger partial charge in [-0.2, -0.15) is 0 Å². The second-order valence-electron chi connectivity index (χ2n) is 17.6. The van der Waals surface area contributed by atoms with Crippen LogP contribution in [0.3, 0.4) is 0 Å². The standard InChI is InChI=1S/C43H64N4O8/c1-26-22-36(48)27(2)38(49)44-25-29-9-13-30(14-10-29)39(50)46-34(24-28-11-19-33(54-6)20-12-28)40(51)45-32-17-15-31(16-18-32)41(52)47-21-7-8-35(47)42(53)55-37(23-26)43(3,4)5/h9,11-12,19-20,26-27,30-32,34-37,48H,7-8,10,13-18,21-25H2,1-6H3,(H,44,49)(H,45,51)(H,46,50)/t26-,27+,30?,31?,32?,34-,35-,36-,37-/m0/s1. The number of hydrogen-bond donors (Lipinski definition) is 4. The summed E-state index contributed by atoms with van der Waals surface area (Å²) in [4.78, 5) is 70.0. The SMILES string of the molecule is COc1ccc(C[C@@H]2NC(=O)C3CC=C(CC3)CNC(=O)[C@H](C)[C@@H](O)C[C@H](C)C[C@@H](C(C)(C)C)OC(=O)[C@@H]3CCCN3C(=O)C3CCC(CC3)NC2=O)cc1. The lowest BCUT2D eigenvalue weighted by atomic mass is 9.81. The van der Waals surface area contributed by atoms with E-state index in [0.717, 1.165) is 17.6 Å². The van der Waals surface area contributed by atoms with Gasteiger partial charge in [-0.1, -0.05) is 58.4 Å². The number of rotatable bonds is 3. The molecule has 12 heteroatoms. The highest BCUT2D eigenvalue weighted by molar-refractivity contribution is 5.89. The molecule has 7 atom stereocenters. The van der Waals surface area contributed by atoms with Crippen LogP contribution in [0.4, 0.5) is 0 Å². The van der Waals surface area contributed by atoms with Crippen LogP contribution < -0.4 is 20.7 Å². The first kappa shape index (κ1) is 42.2. The Morgan fingerprint density at radius 1 is 0.873 bits per heavy atom. The normalized spacial score (nSPS) is 32.4. The Bertz CT molecular complexity index is 1550. The number of methoxy groups -OCH3 is 1. The van der Waals surface area contributed by atoms with Gasteiger partial charge in [0.25, 0.3) is 0 Å². The van der Waals surface area contributed by atoms with Crippen molar-refractivity contribution in [1.82, 2.24) is 20.9 Å². The van der Waals surface area contributed by atoms with E-state index in [1.54, 1.807) is 18.9 Å². The molecule has 7 rings (SSSR count). The molecule has 2 aliphatic carbocycles. The van der Waals surface area contributed by atoms with E-state index >= 15 is 0 Å². The number of nitrogens with one attached hydrogen (secondary N) is 3. The lowest BCUT2D eigenvalue weighted by molar-refractivity contribution is -0.165. The number of amides is 4. The molecule has 1 unspecified atom stereocenters. The van der Waals surface area contributed by atoms with E-state index < -0.39 is 36.2 Å². The number of esters is 1. The second-order valence-corrected chi connectivity index (χ2v) is 17.6. The third-order valence-electron chi connectivity index (χ3n) is 12.3. The quantitative estimate of drug-likeness (QED) is 0.256. The van der Waals surface area contributed by atoms with Crippen LogP contribution in [0.15, 0.2) is 35.9 Å². The fourth-order valence-electron chi connectivity index (χ4n) is 8.49. The van der Waals surface area contributed by atoms with Gasteiger partial charge in [-0.25, -0.2) is 4.79 Å². The third kappa shape index (κ3) is 11.3. The summed E-state index contributed by atoms with van der Waals surface area (Å²) in [6.07, 6.45) is 7.28. The van der Waals surface area contributed by atoms with Crippen LogP contribution >= 0.6 is 0 Å². The second kappa shape index (κ2) is 18.8. The van der Waals surface area contributed by atoms with Crippen molar-refractivity contribution in [3.05, 3.63) is 41.5 Å². The van der Waals surface area contributed by atoms with Crippen LogP contribution in [0.2, 0.25) is 0 Å². The Morgan fingerprint density at radius 3 is 2.22 bits per heavy atom. The molecule has 1 aromatic rings. The number of aliphatic hydroxyl groups is 1. The van der Waals surface area contributed by atoms with Crippen molar-refractivity contribution >= 4 is 29.6 Å². The van der Waals surface area contributed by atoms with Gasteiger partial charge in [-0.15, -0.1) is 0 Å². The Balaban J connectivity index is 1.34. The number of benzene rings is 1. The van der Waals surface area contributed by atoms with Gasteiger partial charge in [0.05, 0.1) is 19.1 Å². The van der Waals surface area contributed by atoms with Gasteiger partial charge in [0, 0.05) is 37.4 Å². The largest absolute Gasteiger partial charge is 0.497 e. The highest BCUT2D eigenvalue weighted by atomic mass is 16.5. The minimum Gasteiger partial charge on any atom is -0.497 e. The minimum absolute atomic E-state index is 0.0352. The molecule has 4 N–H and O–H groups in total. The zero-order valence-electron chi connectivity index (χ0n) is 33.7. The molecule has 12 nitrogen and oxygen atoms in total. The Kier molecular flexibility index (Phi) is 14.4. The van der Waals surface area contributed by atoms with Crippen molar-refractivity contribution < 1.29 is 38.6 Å². The van der Waals surface area contributed by atoms with Gasteiger partial charge in [-0.3, -0.25) is 19.2 Å². The van der Waals surface area contributed by atoms with Gasteiger partial charge < -0.3 is 35.4 Å². The molecule has 1 saturated carbocycles. The summed E-state index contributed by atoms with van der Waals surface area (Å²) in [6.45, 7) is 10.6. The molecule has 4 aliphatic heterocycles. The molecule has 6 aliphatic rings. The number of carbonyl (C=O) groups excluding carboxylic acids is 5. The molecule has 4 heterocycles. The summed E-state index contributed by atoms with van der Waals surface area (Å²) in [6, 6.07) is 5.87. The van der Waals surface area contributed by atoms with E-state index in [9.17, 15) is 29.1 Å². The van der Waals surface area contributed by atoms with Gasteiger partial charge in [0.15, 0.2) is 0 Å². The van der Waals surface area contributed by atoms with Gasteiger partial charge in [0.2, 0.25) is 23.6 Å². The average Bonchev–Trinajstić information content (AvgIpc) is 3.66. The fourth-order valence-corrected chi connectivity index (χ4v) is 8.49.